The van der Waals surface area contributed by atoms with Gasteiger partial charge in [-0.1, -0.05) is 76.6 Å². The molecule has 0 radical (unpaired) electrons. The summed E-state index contributed by atoms with van der Waals surface area (Å²) in [4.78, 5) is 4.03. The first kappa shape index (κ1) is 13.8. The van der Waals surface area contributed by atoms with Crippen LogP contribution in [-0.4, -0.2) is 5.33 Å². The lowest BCUT2D eigenvalue weighted by atomic mass is 9.80. The van der Waals surface area contributed by atoms with E-state index < -0.39 is 5.54 Å². The van der Waals surface area contributed by atoms with Gasteiger partial charge in [-0.2, -0.15) is 0 Å². The number of hydrogen-bond donors (Lipinski definition) is 0. The summed E-state index contributed by atoms with van der Waals surface area (Å²) in [7, 11) is 0. The van der Waals surface area contributed by atoms with Crippen LogP contribution in [0.25, 0.3) is 4.85 Å². The topological polar surface area (TPSA) is 4.36 Å². The van der Waals surface area contributed by atoms with E-state index in [1.165, 1.54) is 0 Å². The molecule has 2 heteroatoms. The highest BCUT2D eigenvalue weighted by atomic mass is 79.9. The minimum atomic E-state index is -0.559. The van der Waals surface area contributed by atoms with E-state index in [4.69, 9.17) is 6.57 Å². The molecule has 2 rings (SSSR count). The van der Waals surface area contributed by atoms with Gasteiger partial charge in [0, 0.05) is 22.9 Å². The minimum absolute atomic E-state index is 0.559. The fraction of sp³-hybridized carbons (Fsp3) is 0.235. The molecular formula is C17H16BrN. The molecule has 0 aliphatic heterocycles. The van der Waals surface area contributed by atoms with Crippen molar-refractivity contribution in [2.24, 2.45) is 0 Å². The molecule has 0 unspecified atom stereocenters. The van der Waals surface area contributed by atoms with Crippen molar-refractivity contribution < 1.29 is 0 Å². The van der Waals surface area contributed by atoms with E-state index in [9.17, 15) is 0 Å². The van der Waals surface area contributed by atoms with E-state index in [1.54, 1.807) is 0 Å². The van der Waals surface area contributed by atoms with Crippen LogP contribution in [0.1, 0.15) is 24.0 Å². The molecule has 0 bridgehead atoms. The molecule has 0 fully saturated rings. The first-order valence-electron chi connectivity index (χ1n) is 6.39. The van der Waals surface area contributed by atoms with Crippen molar-refractivity contribution in [3.05, 3.63) is 83.2 Å². The second-order valence-corrected chi connectivity index (χ2v) is 5.29. The van der Waals surface area contributed by atoms with Gasteiger partial charge in [-0.25, -0.2) is 6.57 Å². The summed E-state index contributed by atoms with van der Waals surface area (Å²) in [6, 6.07) is 20.2. The average molecular weight is 314 g/mol. The Morgan fingerprint density at radius 1 is 0.895 bits per heavy atom. The zero-order valence-corrected chi connectivity index (χ0v) is 12.3. The van der Waals surface area contributed by atoms with Gasteiger partial charge in [-0.15, -0.1) is 0 Å². The summed E-state index contributed by atoms with van der Waals surface area (Å²) in [6.45, 7) is 7.77. The Labute approximate surface area is 123 Å². The van der Waals surface area contributed by atoms with Crippen molar-refractivity contribution in [3.8, 4) is 0 Å². The molecule has 1 nitrogen and oxygen atoms in total. The van der Waals surface area contributed by atoms with Gasteiger partial charge in [-0.05, 0) is 6.42 Å². The molecule has 0 spiro atoms. The number of nitrogens with zero attached hydrogens (tertiary/aromatic N) is 1. The summed E-state index contributed by atoms with van der Waals surface area (Å²) in [5, 5.41) is 0.921. The molecule has 19 heavy (non-hydrogen) atoms. The quantitative estimate of drug-likeness (QED) is 0.539. The monoisotopic (exact) mass is 313 g/mol. The van der Waals surface area contributed by atoms with Gasteiger partial charge in [0.05, 0.1) is 0 Å². The molecule has 0 amide bonds. The largest absolute Gasteiger partial charge is 0.300 e. The average Bonchev–Trinajstić information content (AvgIpc) is 2.51. The smallest absolute Gasteiger partial charge is 0.282 e. The molecule has 2 aromatic rings. The molecule has 0 aromatic heterocycles. The Morgan fingerprint density at radius 2 is 1.37 bits per heavy atom. The van der Waals surface area contributed by atoms with Crippen molar-refractivity contribution in [3.63, 3.8) is 0 Å². The molecule has 0 N–H and O–H groups in total. The minimum Gasteiger partial charge on any atom is -0.300 e. The van der Waals surface area contributed by atoms with Crippen LogP contribution in [0.5, 0.6) is 0 Å². The number of benzene rings is 2. The van der Waals surface area contributed by atoms with Gasteiger partial charge < -0.3 is 0 Å². The first-order chi connectivity index (χ1) is 9.33. The lowest BCUT2D eigenvalue weighted by molar-refractivity contribution is 0.569. The second-order valence-electron chi connectivity index (χ2n) is 4.50. The summed E-state index contributed by atoms with van der Waals surface area (Å²) in [5.41, 5.74) is 1.60. The Bertz CT molecular complexity index is 503. The lowest BCUT2D eigenvalue weighted by Gasteiger charge is -2.22. The van der Waals surface area contributed by atoms with Crippen molar-refractivity contribution in [2.75, 3.05) is 5.33 Å². The zero-order chi connectivity index (χ0) is 13.6. The molecule has 0 saturated heterocycles. The predicted molar refractivity (Wildman–Crippen MR) is 83.3 cm³/mol. The standard InChI is InChI=1S/C17H16BrN/c1-19-17(13-8-14-18,15-9-4-2-5-10-15)16-11-6-3-7-12-16/h2-7,9-12H,8,13-14H2. The fourth-order valence-electron chi connectivity index (χ4n) is 2.39. The van der Waals surface area contributed by atoms with Gasteiger partial charge >= 0.3 is 0 Å². The van der Waals surface area contributed by atoms with Crippen LogP contribution >= 0.6 is 15.9 Å². The predicted octanol–water partition coefficient (Wildman–Crippen LogP) is 5.02. The molecule has 0 saturated carbocycles. The van der Waals surface area contributed by atoms with E-state index in [0.29, 0.717) is 0 Å². The van der Waals surface area contributed by atoms with Crippen LogP contribution in [0, 0.1) is 6.57 Å². The summed E-state index contributed by atoms with van der Waals surface area (Å²) >= 11 is 3.47. The zero-order valence-electron chi connectivity index (χ0n) is 10.7. The third kappa shape index (κ3) is 2.88. The van der Waals surface area contributed by atoms with Crippen LogP contribution in [0.4, 0.5) is 0 Å². The van der Waals surface area contributed by atoms with Crippen LogP contribution in [0.3, 0.4) is 0 Å². The third-order valence-electron chi connectivity index (χ3n) is 3.37. The molecule has 0 atom stereocenters. The maximum Gasteiger partial charge on any atom is 0.282 e. The van der Waals surface area contributed by atoms with Crippen molar-refractivity contribution in [2.45, 2.75) is 18.4 Å². The van der Waals surface area contributed by atoms with E-state index in [2.05, 4.69) is 45.0 Å². The Balaban J connectivity index is 2.53. The van der Waals surface area contributed by atoms with E-state index in [-0.39, 0.29) is 0 Å². The normalized spacial score (nSPS) is 10.9. The molecule has 2 aromatic carbocycles. The maximum atomic E-state index is 7.77. The second kappa shape index (κ2) is 6.54. The highest BCUT2D eigenvalue weighted by Gasteiger charge is 2.40. The number of rotatable bonds is 5. The Morgan fingerprint density at radius 3 is 1.74 bits per heavy atom. The van der Waals surface area contributed by atoms with E-state index in [1.807, 2.05) is 36.4 Å². The SMILES string of the molecule is [C-]#[N+]C(CCCBr)(c1ccccc1)c1ccccc1. The summed E-state index contributed by atoms with van der Waals surface area (Å²) in [6.07, 6.45) is 1.81. The molecule has 96 valence electrons. The Kier molecular flexibility index (Phi) is 4.76. The summed E-state index contributed by atoms with van der Waals surface area (Å²) < 4.78 is 0. The number of halogens is 1. The lowest BCUT2D eigenvalue weighted by Crippen LogP contribution is -2.23. The van der Waals surface area contributed by atoms with Crippen molar-refractivity contribution in [1.29, 1.82) is 0 Å². The number of alkyl halides is 1. The van der Waals surface area contributed by atoms with Crippen LogP contribution in [0.2, 0.25) is 0 Å². The summed E-state index contributed by atoms with van der Waals surface area (Å²) in [5.74, 6) is 0. The molecule has 0 aliphatic rings. The van der Waals surface area contributed by atoms with E-state index in [0.717, 1.165) is 29.3 Å². The van der Waals surface area contributed by atoms with Crippen LogP contribution in [0.15, 0.2) is 60.7 Å². The molecule has 0 heterocycles. The van der Waals surface area contributed by atoms with Crippen LogP contribution < -0.4 is 0 Å². The highest BCUT2D eigenvalue weighted by Crippen LogP contribution is 2.38. The fourth-order valence-corrected chi connectivity index (χ4v) is 2.67. The highest BCUT2D eigenvalue weighted by molar-refractivity contribution is 9.09. The first-order valence-corrected chi connectivity index (χ1v) is 7.51. The van der Waals surface area contributed by atoms with Gasteiger partial charge in [0.1, 0.15) is 0 Å². The van der Waals surface area contributed by atoms with Gasteiger partial charge in [0.2, 0.25) is 0 Å². The van der Waals surface area contributed by atoms with Crippen molar-refractivity contribution >= 4 is 15.9 Å². The van der Waals surface area contributed by atoms with E-state index >= 15 is 0 Å². The molecular weight excluding hydrogens is 298 g/mol. The Hall–Kier alpha value is -1.59. The third-order valence-corrected chi connectivity index (χ3v) is 3.93. The van der Waals surface area contributed by atoms with Crippen molar-refractivity contribution in [1.82, 2.24) is 0 Å². The van der Waals surface area contributed by atoms with Gasteiger partial charge in [0.15, 0.2) is 0 Å². The van der Waals surface area contributed by atoms with Gasteiger partial charge in [-0.3, -0.25) is 4.85 Å². The maximum absolute atomic E-state index is 7.77. The van der Waals surface area contributed by atoms with Crippen LogP contribution in [-0.2, 0) is 5.54 Å². The molecule has 0 aliphatic carbocycles. The van der Waals surface area contributed by atoms with Gasteiger partial charge in [0.25, 0.3) is 5.54 Å². The number of hydrogen-bond acceptors (Lipinski definition) is 0.